The first kappa shape index (κ1) is 24.0. The van der Waals surface area contributed by atoms with E-state index in [9.17, 15) is 4.79 Å². The normalized spacial score (nSPS) is 15.6. The van der Waals surface area contributed by atoms with Gasteiger partial charge in [-0.2, -0.15) is 11.8 Å². The average Bonchev–Trinajstić information content (AvgIpc) is 3.13. The Bertz CT molecular complexity index is 939. The van der Waals surface area contributed by atoms with Crippen molar-refractivity contribution in [3.8, 4) is 5.75 Å². The molecule has 1 aromatic carbocycles. The molecule has 2 aromatic rings. The minimum atomic E-state index is -0.753. The van der Waals surface area contributed by atoms with Gasteiger partial charge in [0.1, 0.15) is 5.75 Å². The number of rotatable bonds is 8. The number of carboxylic acid groups (broad SMARTS) is 1. The number of halogens is 1. The maximum absolute atomic E-state index is 11.0. The molecule has 31 heavy (non-hydrogen) atoms. The molecule has 4 rings (SSSR count). The van der Waals surface area contributed by atoms with E-state index in [1.54, 1.807) is 11.3 Å². The molecular formula is C23H29ClN2O3S2. The Morgan fingerprint density at radius 1 is 1.26 bits per heavy atom. The predicted molar refractivity (Wildman–Crippen MR) is 132 cm³/mol. The molecule has 168 valence electrons. The Morgan fingerprint density at radius 3 is 2.84 bits per heavy atom. The van der Waals surface area contributed by atoms with E-state index < -0.39 is 5.97 Å². The fourth-order valence-corrected chi connectivity index (χ4v) is 5.94. The van der Waals surface area contributed by atoms with Gasteiger partial charge < -0.3 is 14.7 Å². The van der Waals surface area contributed by atoms with E-state index in [1.165, 1.54) is 21.9 Å². The molecule has 1 saturated heterocycles. The van der Waals surface area contributed by atoms with E-state index in [4.69, 9.17) is 14.8 Å². The highest BCUT2D eigenvalue weighted by Gasteiger charge is 2.19. The lowest BCUT2D eigenvalue weighted by Crippen LogP contribution is -2.32. The number of ether oxygens (including phenoxy) is 1. The maximum atomic E-state index is 11.0. The van der Waals surface area contributed by atoms with Crippen molar-refractivity contribution in [2.45, 2.75) is 39.0 Å². The Labute approximate surface area is 198 Å². The molecule has 0 radical (unpaired) electrons. The van der Waals surface area contributed by atoms with Crippen molar-refractivity contribution >= 4 is 52.2 Å². The van der Waals surface area contributed by atoms with Crippen molar-refractivity contribution in [3.63, 3.8) is 0 Å². The summed E-state index contributed by atoms with van der Waals surface area (Å²) in [6.07, 6.45) is 5.59. The van der Waals surface area contributed by atoms with Crippen LogP contribution in [0.1, 0.15) is 41.0 Å². The molecule has 2 heterocycles. The fraction of sp³-hybridized carbons (Fsp3) is 0.478. The standard InChI is InChI=1S/C23H28N2O3S2.ClH/c1-16-20(24-23(30-16)25-11-14-29-15-12-25)10-13-28-21-7-3-5-18-17(8-9-22(26)27)4-2-6-19(18)21;/h3-5,7H,2,6,8-15H2,1H3,(H,26,27);1H. The largest absolute Gasteiger partial charge is 0.493 e. The molecule has 2 aliphatic rings. The Hall–Kier alpha value is -1.70. The van der Waals surface area contributed by atoms with Crippen LogP contribution in [0.2, 0.25) is 0 Å². The van der Waals surface area contributed by atoms with Crippen molar-refractivity contribution in [3.05, 3.63) is 46.0 Å². The zero-order valence-electron chi connectivity index (χ0n) is 17.8. The summed E-state index contributed by atoms with van der Waals surface area (Å²) >= 11 is 3.81. The van der Waals surface area contributed by atoms with Gasteiger partial charge >= 0.3 is 5.97 Å². The number of carbonyl (C=O) groups is 1. The smallest absolute Gasteiger partial charge is 0.303 e. The SMILES string of the molecule is Cc1sc(N2CCSCC2)nc1CCOc1cccc2c1CCC=C2CCC(=O)O.Cl. The van der Waals surface area contributed by atoms with Gasteiger partial charge in [-0.15, -0.1) is 23.7 Å². The number of nitrogens with zero attached hydrogens (tertiary/aromatic N) is 2. The zero-order valence-corrected chi connectivity index (χ0v) is 20.2. The van der Waals surface area contributed by atoms with Crippen molar-refractivity contribution in [1.82, 2.24) is 4.98 Å². The zero-order chi connectivity index (χ0) is 20.9. The van der Waals surface area contributed by atoms with Crippen LogP contribution < -0.4 is 9.64 Å². The molecule has 0 amide bonds. The van der Waals surface area contributed by atoms with Gasteiger partial charge in [0.15, 0.2) is 5.13 Å². The van der Waals surface area contributed by atoms with E-state index in [0.29, 0.717) is 13.0 Å². The molecule has 0 atom stereocenters. The van der Waals surface area contributed by atoms with Gasteiger partial charge in [0.05, 0.1) is 12.3 Å². The number of hydrogen-bond acceptors (Lipinski definition) is 6. The van der Waals surface area contributed by atoms with Crippen molar-refractivity contribution < 1.29 is 14.6 Å². The van der Waals surface area contributed by atoms with E-state index in [-0.39, 0.29) is 18.8 Å². The lowest BCUT2D eigenvalue weighted by molar-refractivity contribution is -0.136. The molecule has 0 unspecified atom stereocenters. The summed E-state index contributed by atoms with van der Waals surface area (Å²) in [7, 11) is 0. The molecule has 8 heteroatoms. The van der Waals surface area contributed by atoms with Crippen molar-refractivity contribution in [2.24, 2.45) is 0 Å². The summed E-state index contributed by atoms with van der Waals surface area (Å²) in [6.45, 7) is 4.92. The summed E-state index contributed by atoms with van der Waals surface area (Å²) in [4.78, 5) is 19.5. The van der Waals surface area contributed by atoms with Gasteiger partial charge in [-0.3, -0.25) is 4.79 Å². The van der Waals surface area contributed by atoms with Crippen LogP contribution in [-0.4, -0.2) is 47.3 Å². The molecule has 0 spiro atoms. The fourth-order valence-electron chi connectivity index (χ4n) is 4.03. The van der Waals surface area contributed by atoms with E-state index in [0.717, 1.165) is 60.1 Å². The minimum absolute atomic E-state index is 0. The van der Waals surface area contributed by atoms with Crippen LogP contribution >= 0.6 is 35.5 Å². The molecule has 1 N–H and O–H groups in total. The second-order valence-electron chi connectivity index (χ2n) is 7.64. The number of aliphatic carboxylic acids is 1. The highest BCUT2D eigenvalue weighted by atomic mass is 35.5. The highest BCUT2D eigenvalue weighted by Crippen LogP contribution is 2.35. The van der Waals surface area contributed by atoms with Gasteiger partial charge in [0.2, 0.25) is 0 Å². The van der Waals surface area contributed by atoms with Gasteiger partial charge in [0, 0.05) is 47.9 Å². The first-order valence-electron chi connectivity index (χ1n) is 10.6. The topological polar surface area (TPSA) is 62.7 Å². The van der Waals surface area contributed by atoms with Crippen LogP contribution in [-0.2, 0) is 17.6 Å². The lowest BCUT2D eigenvalue weighted by atomic mass is 9.88. The number of benzene rings is 1. The molecular weight excluding hydrogens is 452 g/mol. The van der Waals surface area contributed by atoms with Gasteiger partial charge in [-0.25, -0.2) is 4.98 Å². The Kier molecular flexibility index (Phi) is 8.69. The van der Waals surface area contributed by atoms with Crippen molar-refractivity contribution in [2.75, 3.05) is 36.1 Å². The van der Waals surface area contributed by atoms with E-state index in [2.05, 4.69) is 24.0 Å². The van der Waals surface area contributed by atoms with Crippen molar-refractivity contribution in [1.29, 1.82) is 0 Å². The summed E-state index contributed by atoms with van der Waals surface area (Å²) in [5.41, 5.74) is 4.63. The quantitative estimate of drug-likeness (QED) is 0.557. The lowest BCUT2D eigenvalue weighted by Gasteiger charge is -2.25. The van der Waals surface area contributed by atoms with Gasteiger partial charge in [0.25, 0.3) is 0 Å². The first-order chi connectivity index (χ1) is 14.6. The molecule has 1 aromatic heterocycles. The maximum Gasteiger partial charge on any atom is 0.303 e. The van der Waals surface area contributed by atoms with Crippen LogP contribution in [0, 0.1) is 6.92 Å². The van der Waals surface area contributed by atoms with Crippen LogP contribution in [0.5, 0.6) is 5.75 Å². The molecule has 1 fully saturated rings. The van der Waals surface area contributed by atoms with Gasteiger partial charge in [-0.05, 0) is 43.4 Å². The molecule has 1 aliphatic carbocycles. The van der Waals surface area contributed by atoms with E-state index >= 15 is 0 Å². The number of carboxylic acids is 1. The summed E-state index contributed by atoms with van der Waals surface area (Å²) < 4.78 is 6.20. The molecule has 5 nitrogen and oxygen atoms in total. The van der Waals surface area contributed by atoms with Crippen LogP contribution in [0.3, 0.4) is 0 Å². The third-order valence-corrected chi connectivity index (χ3v) is 7.65. The number of aromatic nitrogens is 1. The number of hydrogen-bond donors (Lipinski definition) is 1. The van der Waals surface area contributed by atoms with E-state index in [1.807, 2.05) is 23.9 Å². The second kappa shape index (κ2) is 11.2. The third-order valence-electron chi connectivity index (χ3n) is 5.63. The number of aryl methyl sites for hydroxylation is 1. The molecule has 0 bridgehead atoms. The minimum Gasteiger partial charge on any atom is -0.493 e. The molecule has 1 aliphatic heterocycles. The number of thioether (sulfide) groups is 1. The summed E-state index contributed by atoms with van der Waals surface area (Å²) in [6, 6.07) is 6.13. The average molecular weight is 481 g/mol. The van der Waals surface area contributed by atoms with Crippen LogP contribution in [0.25, 0.3) is 5.57 Å². The van der Waals surface area contributed by atoms with Crippen LogP contribution in [0.15, 0.2) is 24.3 Å². The van der Waals surface area contributed by atoms with Gasteiger partial charge in [-0.1, -0.05) is 18.2 Å². The summed E-state index contributed by atoms with van der Waals surface area (Å²) in [5.74, 6) is 2.53. The number of fused-ring (bicyclic) bond motifs is 1. The Balaban J connectivity index is 0.00000272. The summed E-state index contributed by atoms with van der Waals surface area (Å²) in [5, 5.41) is 10.2. The Morgan fingerprint density at radius 2 is 2.06 bits per heavy atom. The van der Waals surface area contributed by atoms with Crippen LogP contribution in [0.4, 0.5) is 5.13 Å². The number of thiazole rings is 1. The molecule has 0 saturated carbocycles. The predicted octanol–water partition coefficient (Wildman–Crippen LogP) is 5.24. The monoisotopic (exact) mass is 480 g/mol. The highest BCUT2D eigenvalue weighted by molar-refractivity contribution is 7.99. The third kappa shape index (κ3) is 5.96. The first-order valence-corrected chi connectivity index (χ1v) is 12.5. The number of allylic oxidation sites excluding steroid dienone is 2. The number of anilines is 1. The second-order valence-corrected chi connectivity index (χ2v) is 10.0.